The summed E-state index contributed by atoms with van der Waals surface area (Å²) < 4.78 is 10.5. The average Bonchev–Trinajstić information content (AvgIpc) is 2.87. The van der Waals surface area contributed by atoms with Gasteiger partial charge < -0.3 is 20.1 Å². The third-order valence-electron chi connectivity index (χ3n) is 6.19. The van der Waals surface area contributed by atoms with Crippen LogP contribution in [0.4, 0.5) is 5.95 Å². The Bertz CT molecular complexity index is 1080. The molecular weight excluding hydrogens is 416 g/mol. The Morgan fingerprint density at radius 3 is 2.39 bits per heavy atom. The number of aromatic nitrogens is 2. The lowest BCUT2D eigenvalue weighted by molar-refractivity contribution is -0.132. The number of nitrogens with zero attached hydrogens (tertiary/aromatic N) is 3. The largest absolute Gasteiger partial charge is 0.497 e. The van der Waals surface area contributed by atoms with Crippen LogP contribution >= 0.6 is 0 Å². The van der Waals surface area contributed by atoms with Gasteiger partial charge in [-0.1, -0.05) is 24.3 Å². The monoisotopic (exact) mass is 446 g/mol. The Kier molecular flexibility index (Phi) is 7.07. The first-order chi connectivity index (χ1) is 16.1. The van der Waals surface area contributed by atoms with Crippen LogP contribution < -0.4 is 15.2 Å². The van der Waals surface area contributed by atoms with Gasteiger partial charge in [-0.15, -0.1) is 0 Å². The molecule has 2 N–H and O–H groups in total. The van der Waals surface area contributed by atoms with E-state index in [1.165, 1.54) is 0 Å². The number of benzene rings is 2. The Morgan fingerprint density at radius 1 is 1.06 bits per heavy atom. The number of rotatable bonds is 7. The summed E-state index contributed by atoms with van der Waals surface area (Å²) >= 11 is 0. The molecule has 1 aliphatic heterocycles. The maximum Gasteiger partial charge on any atom is 0.222 e. The predicted molar refractivity (Wildman–Crippen MR) is 128 cm³/mol. The van der Waals surface area contributed by atoms with E-state index >= 15 is 0 Å². The van der Waals surface area contributed by atoms with Crippen LogP contribution in [0.1, 0.15) is 36.4 Å². The number of carbonyl (C=O) groups is 1. The van der Waals surface area contributed by atoms with Crippen LogP contribution in [0, 0.1) is 0 Å². The maximum absolute atomic E-state index is 13.0. The molecule has 7 nitrogen and oxygen atoms in total. The zero-order valence-electron chi connectivity index (χ0n) is 19.2. The fourth-order valence-electron chi connectivity index (χ4n) is 4.34. The zero-order valence-corrected chi connectivity index (χ0v) is 19.2. The third kappa shape index (κ3) is 5.42. The minimum Gasteiger partial charge on any atom is -0.497 e. The molecule has 0 radical (unpaired) electrons. The van der Waals surface area contributed by atoms with Gasteiger partial charge in [0, 0.05) is 37.2 Å². The van der Waals surface area contributed by atoms with Crippen LogP contribution in [-0.2, 0) is 11.2 Å². The first-order valence-corrected chi connectivity index (χ1v) is 11.2. The molecule has 2 aromatic carbocycles. The molecule has 172 valence electrons. The first kappa shape index (κ1) is 22.6. The number of likely N-dealkylation sites (tertiary alicyclic amines) is 1. The van der Waals surface area contributed by atoms with Gasteiger partial charge in [-0.05, 0) is 54.7 Å². The van der Waals surface area contributed by atoms with Gasteiger partial charge in [-0.3, -0.25) is 4.79 Å². The molecule has 2 heterocycles. The summed E-state index contributed by atoms with van der Waals surface area (Å²) in [7, 11) is 3.30. The van der Waals surface area contributed by atoms with Gasteiger partial charge in [0.1, 0.15) is 11.5 Å². The lowest BCUT2D eigenvalue weighted by Gasteiger charge is -2.33. The van der Waals surface area contributed by atoms with Crippen LogP contribution in [0.15, 0.2) is 54.7 Å². The fraction of sp³-hybridized carbons (Fsp3) is 0.346. The summed E-state index contributed by atoms with van der Waals surface area (Å²) in [4.78, 5) is 23.8. The summed E-state index contributed by atoms with van der Waals surface area (Å²) in [6.45, 7) is 1.41. The van der Waals surface area contributed by atoms with Crippen LogP contribution in [-0.4, -0.2) is 48.1 Å². The number of amides is 1. The fourth-order valence-corrected chi connectivity index (χ4v) is 4.34. The van der Waals surface area contributed by atoms with Gasteiger partial charge >= 0.3 is 0 Å². The molecule has 1 amide bonds. The number of nitrogen functional groups attached to an aromatic ring is 1. The summed E-state index contributed by atoms with van der Waals surface area (Å²) in [6.07, 6.45) is 4.87. The molecule has 1 aromatic heterocycles. The standard InChI is InChI=1S/C26H30N4O3/c1-32-21-10-5-18(6-11-21)7-14-24(31)30-15-3-4-20(17-30)25-23(16-28-26(27)29-25)19-8-12-22(33-2)13-9-19/h5-6,8-13,16,20H,3-4,7,14-15,17H2,1-2H3,(H2,27,28,29)/t20-/m0/s1. The molecule has 33 heavy (non-hydrogen) atoms. The molecule has 0 saturated carbocycles. The minimum atomic E-state index is 0.117. The van der Waals surface area contributed by atoms with Gasteiger partial charge in [0.15, 0.2) is 0 Å². The van der Waals surface area contributed by atoms with Gasteiger partial charge in [-0.25, -0.2) is 9.97 Å². The van der Waals surface area contributed by atoms with Crippen molar-refractivity contribution in [1.29, 1.82) is 0 Å². The third-order valence-corrected chi connectivity index (χ3v) is 6.19. The second-order valence-electron chi connectivity index (χ2n) is 8.28. The van der Waals surface area contributed by atoms with E-state index in [9.17, 15) is 4.79 Å². The number of piperidine rings is 1. The highest BCUT2D eigenvalue weighted by Crippen LogP contribution is 2.34. The highest BCUT2D eigenvalue weighted by atomic mass is 16.5. The van der Waals surface area contributed by atoms with Crippen molar-refractivity contribution in [3.05, 3.63) is 66.0 Å². The van der Waals surface area contributed by atoms with E-state index in [-0.39, 0.29) is 17.8 Å². The van der Waals surface area contributed by atoms with Crippen LogP contribution in [0.3, 0.4) is 0 Å². The van der Waals surface area contributed by atoms with Crippen molar-refractivity contribution in [3.8, 4) is 22.6 Å². The second kappa shape index (κ2) is 10.3. The molecular formula is C26H30N4O3. The molecule has 1 atom stereocenters. The van der Waals surface area contributed by atoms with Gasteiger partial charge in [0.2, 0.25) is 11.9 Å². The van der Waals surface area contributed by atoms with E-state index in [1.54, 1.807) is 20.4 Å². The highest BCUT2D eigenvalue weighted by Gasteiger charge is 2.28. The number of aryl methyl sites for hydroxylation is 1. The molecule has 0 unspecified atom stereocenters. The molecule has 4 rings (SSSR count). The zero-order chi connectivity index (χ0) is 23.2. The number of hydrogen-bond donors (Lipinski definition) is 1. The number of methoxy groups -OCH3 is 2. The average molecular weight is 447 g/mol. The van der Waals surface area contributed by atoms with Crippen LogP contribution in [0.25, 0.3) is 11.1 Å². The lowest BCUT2D eigenvalue weighted by Crippen LogP contribution is -2.39. The van der Waals surface area contributed by atoms with Crippen LogP contribution in [0.2, 0.25) is 0 Å². The predicted octanol–water partition coefficient (Wildman–Crippen LogP) is 4.08. The summed E-state index contributed by atoms with van der Waals surface area (Å²) in [5, 5.41) is 0. The van der Waals surface area contributed by atoms with Gasteiger partial charge in [0.05, 0.1) is 19.9 Å². The van der Waals surface area contributed by atoms with E-state index in [0.29, 0.717) is 19.4 Å². The molecule has 0 bridgehead atoms. The number of anilines is 1. The van der Waals surface area contributed by atoms with E-state index in [2.05, 4.69) is 9.97 Å². The van der Waals surface area contributed by atoms with E-state index < -0.39 is 0 Å². The maximum atomic E-state index is 13.0. The van der Waals surface area contributed by atoms with Crippen molar-refractivity contribution in [1.82, 2.24) is 14.9 Å². The smallest absolute Gasteiger partial charge is 0.222 e. The van der Waals surface area contributed by atoms with Crippen molar-refractivity contribution >= 4 is 11.9 Å². The van der Waals surface area contributed by atoms with Gasteiger partial charge in [-0.2, -0.15) is 0 Å². The topological polar surface area (TPSA) is 90.6 Å². The summed E-state index contributed by atoms with van der Waals surface area (Å²) in [5.41, 5.74) is 9.94. The second-order valence-corrected chi connectivity index (χ2v) is 8.28. The highest BCUT2D eigenvalue weighted by molar-refractivity contribution is 5.77. The van der Waals surface area contributed by atoms with Crippen molar-refractivity contribution in [2.24, 2.45) is 0 Å². The number of ether oxygens (including phenoxy) is 2. The quantitative estimate of drug-likeness (QED) is 0.588. The minimum absolute atomic E-state index is 0.117. The van der Waals surface area contributed by atoms with Crippen molar-refractivity contribution in [2.75, 3.05) is 33.0 Å². The first-order valence-electron chi connectivity index (χ1n) is 11.2. The summed E-state index contributed by atoms with van der Waals surface area (Å²) in [6, 6.07) is 15.7. The SMILES string of the molecule is COc1ccc(CCC(=O)N2CCC[C@H](c3nc(N)ncc3-c3ccc(OC)cc3)C2)cc1. The summed E-state index contributed by atoms with van der Waals surface area (Å²) in [5.74, 6) is 2.16. The lowest BCUT2D eigenvalue weighted by atomic mass is 9.89. The normalized spacial score (nSPS) is 15.8. The molecule has 1 aliphatic rings. The number of carbonyl (C=O) groups excluding carboxylic acids is 1. The molecule has 7 heteroatoms. The molecule has 1 fully saturated rings. The van der Waals surface area contributed by atoms with Crippen molar-refractivity contribution in [3.63, 3.8) is 0 Å². The Hall–Kier alpha value is -3.61. The Morgan fingerprint density at radius 2 is 1.73 bits per heavy atom. The molecule has 1 saturated heterocycles. The van der Waals surface area contributed by atoms with E-state index in [1.807, 2.05) is 53.4 Å². The van der Waals surface area contributed by atoms with Crippen molar-refractivity contribution < 1.29 is 14.3 Å². The van der Waals surface area contributed by atoms with Crippen LogP contribution in [0.5, 0.6) is 11.5 Å². The van der Waals surface area contributed by atoms with Gasteiger partial charge in [0.25, 0.3) is 0 Å². The molecule has 0 aliphatic carbocycles. The van der Waals surface area contributed by atoms with E-state index in [4.69, 9.17) is 15.2 Å². The number of hydrogen-bond acceptors (Lipinski definition) is 6. The van der Waals surface area contributed by atoms with E-state index in [0.717, 1.165) is 53.3 Å². The van der Waals surface area contributed by atoms with Crippen molar-refractivity contribution in [2.45, 2.75) is 31.6 Å². The molecule has 3 aromatic rings. The number of nitrogens with two attached hydrogens (primary N) is 1. The Labute approximate surface area is 194 Å². The Balaban J connectivity index is 1.47. The molecule has 0 spiro atoms.